The lowest BCUT2D eigenvalue weighted by atomic mass is 9.96. The van der Waals surface area contributed by atoms with Crippen LogP contribution in [0.25, 0.3) is 0 Å². The van der Waals surface area contributed by atoms with Gasteiger partial charge in [-0.15, -0.1) is 0 Å². The normalized spacial score (nSPS) is 12.5. The van der Waals surface area contributed by atoms with Crippen molar-refractivity contribution in [2.24, 2.45) is 17.6 Å². The highest BCUT2D eigenvalue weighted by Crippen LogP contribution is 2.18. The molecule has 0 heterocycles. The average Bonchev–Trinajstić information content (AvgIpc) is 2.35. The SMILES string of the molecule is CC(C)CC(CN)C(=O)N(C)c1ccccc1. The molecular formula is C14H22N2O. The molecule has 1 aromatic carbocycles. The maximum atomic E-state index is 12.3. The van der Waals surface area contributed by atoms with Crippen molar-refractivity contribution >= 4 is 11.6 Å². The molecular weight excluding hydrogens is 212 g/mol. The number of rotatable bonds is 5. The molecule has 1 atom stereocenters. The molecule has 3 heteroatoms. The van der Waals surface area contributed by atoms with Crippen LogP contribution in [0.15, 0.2) is 30.3 Å². The maximum absolute atomic E-state index is 12.3. The highest BCUT2D eigenvalue weighted by atomic mass is 16.2. The molecule has 0 aliphatic heterocycles. The summed E-state index contributed by atoms with van der Waals surface area (Å²) >= 11 is 0. The summed E-state index contributed by atoms with van der Waals surface area (Å²) < 4.78 is 0. The molecule has 1 unspecified atom stereocenters. The van der Waals surface area contributed by atoms with Crippen molar-refractivity contribution in [3.8, 4) is 0 Å². The van der Waals surface area contributed by atoms with E-state index in [0.717, 1.165) is 12.1 Å². The smallest absolute Gasteiger partial charge is 0.231 e. The van der Waals surface area contributed by atoms with Crippen molar-refractivity contribution in [2.75, 3.05) is 18.5 Å². The van der Waals surface area contributed by atoms with Gasteiger partial charge >= 0.3 is 0 Å². The molecule has 3 nitrogen and oxygen atoms in total. The van der Waals surface area contributed by atoms with E-state index in [1.54, 1.807) is 11.9 Å². The number of nitrogens with zero attached hydrogens (tertiary/aromatic N) is 1. The van der Waals surface area contributed by atoms with E-state index in [9.17, 15) is 4.79 Å². The zero-order valence-corrected chi connectivity index (χ0v) is 10.9. The van der Waals surface area contributed by atoms with Crippen LogP contribution in [0.3, 0.4) is 0 Å². The minimum Gasteiger partial charge on any atom is -0.330 e. The fraction of sp³-hybridized carbons (Fsp3) is 0.500. The molecule has 0 aliphatic carbocycles. The molecule has 0 aromatic heterocycles. The Hall–Kier alpha value is -1.35. The Labute approximate surface area is 104 Å². The number of carbonyl (C=O) groups is 1. The Kier molecular flexibility index (Phi) is 5.16. The van der Waals surface area contributed by atoms with Crippen molar-refractivity contribution < 1.29 is 4.79 Å². The summed E-state index contributed by atoms with van der Waals surface area (Å²) in [7, 11) is 1.81. The second-order valence-corrected chi connectivity index (χ2v) is 4.79. The number of amides is 1. The minimum atomic E-state index is -0.0831. The Morgan fingerprint density at radius 1 is 1.29 bits per heavy atom. The fourth-order valence-electron chi connectivity index (χ4n) is 1.92. The van der Waals surface area contributed by atoms with Crippen LogP contribution in [0, 0.1) is 11.8 Å². The number of hydrogen-bond acceptors (Lipinski definition) is 2. The molecule has 0 spiro atoms. The second-order valence-electron chi connectivity index (χ2n) is 4.79. The van der Waals surface area contributed by atoms with Gasteiger partial charge in [0, 0.05) is 19.3 Å². The highest BCUT2D eigenvalue weighted by Gasteiger charge is 2.22. The maximum Gasteiger partial charge on any atom is 0.231 e. The fourth-order valence-corrected chi connectivity index (χ4v) is 1.92. The summed E-state index contributed by atoms with van der Waals surface area (Å²) in [4.78, 5) is 14.0. The quantitative estimate of drug-likeness (QED) is 0.849. The standard InChI is InChI=1S/C14H22N2O/c1-11(2)9-12(10-15)14(17)16(3)13-7-5-4-6-8-13/h4-8,11-12H,9-10,15H2,1-3H3. The van der Waals surface area contributed by atoms with Gasteiger partial charge in [0.05, 0.1) is 5.92 Å². The summed E-state index contributed by atoms with van der Waals surface area (Å²) in [5, 5.41) is 0. The third kappa shape index (κ3) is 3.86. The number of para-hydroxylation sites is 1. The molecule has 0 radical (unpaired) electrons. The lowest BCUT2D eigenvalue weighted by Crippen LogP contribution is -2.37. The molecule has 0 saturated heterocycles. The van der Waals surface area contributed by atoms with E-state index >= 15 is 0 Å². The number of nitrogens with two attached hydrogens (primary N) is 1. The van der Waals surface area contributed by atoms with Gasteiger partial charge in [-0.3, -0.25) is 4.79 Å². The van der Waals surface area contributed by atoms with Gasteiger partial charge in [-0.1, -0.05) is 32.0 Å². The van der Waals surface area contributed by atoms with Gasteiger partial charge < -0.3 is 10.6 Å². The molecule has 1 rings (SSSR count). The van der Waals surface area contributed by atoms with Gasteiger partial charge in [-0.2, -0.15) is 0 Å². The molecule has 1 amide bonds. The van der Waals surface area contributed by atoms with E-state index in [1.807, 2.05) is 30.3 Å². The van der Waals surface area contributed by atoms with E-state index in [1.165, 1.54) is 0 Å². The van der Waals surface area contributed by atoms with E-state index in [-0.39, 0.29) is 11.8 Å². The molecule has 0 bridgehead atoms. The lowest BCUT2D eigenvalue weighted by Gasteiger charge is -2.24. The van der Waals surface area contributed by atoms with Crippen LogP contribution in [-0.2, 0) is 4.79 Å². The first-order valence-electron chi connectivity index (χ1n) is 6.09. The Morgan fingerprint density at radius 3 is 2.35 bits per heavy atom. The molecule has 0 saturated carbocycles. The number of benzene rings is 1. The topological polar surface area (TPSA) is 46.3 Å². The van der Waals surface area contributed by atoms with Crippen LogP contribution in [-0.4, -0.2) is 19.5 Å². The Bertz CT molecular complexity index is 348. The number of hydrogen-bond donors (Lipinski definition) is 1. The van der Waals surface area contributed by atoms with E-state index in [0.29, 0.717) is 12.5 Å². The minimum absolute atomic E-state index is 0.0831. The first-order valence-corrected chi connectivity index (χ1v) is 6.09. The molecule has 0 aliphatic rings. The van der Waals surface area contributed by atoms with Gasteiger partial charge in [0.15, 0.2) is 0 Å². The third-order valence-electron chi connectivity index (χ3n) is 2.86. The summed E-state index contributed by atoms with van der Waals surface area (Å²) in [5.41, 5.74) is 6.61. The number of carbonyl (C=O) groups excluding carboxylic acids is 1. The average molecular weight is 234 g/mol. The van der Waals surface area contributed by atoms with Gasteiger partial charge in [-0.25, -0.2) is 0 Å². The summed E-state index contributed by atoms with van der Waals surface area (Å²) in [5.74, 6) is 0.504. The molecule has 0 fully saturated rings. The van der Waals surface area contributed by atoms with Crippen LogP contribution in [0.5, 0.6) is 0 Å². The molecule has 1 aromatic rings. The molecule has 17 heavy (non-hydrogen) atoms. The van der Waals surface area contributed by atoms with Crippen LogP contribution in [0.2, 0.25) is 0 Å². The van der Waals surface area contributed by atoms with Crippen LogP contribution in [0.1, 0.15) is 20.3 Å². The number of anilines is 1. The van der Waals surface area contributed by atoms with Crippen molar-refractivity contribution in [1.82, 2.24) is 0 Å². The van der Waals surface area contributed by atoms with Gasteiger partial charge in [0.25, 0.3) is 0 Å². The first kappa shape index (κ1) is 13.7. The van der Waals surface area contributed by atoms with Crippen LogP contribution < -0.4 is 10.6 Å². The second kappa shape index (κ2) is 6.40. The van der Waals surface area contributed by atoms with Crippen molar-refractivity contribution in [3.63, 3.8) is 0 Å². The molecule has 94 valence electrons. The molecule has 2 N–H and O–H groups in total. The lowest BCUT2D eigenvalue weighted by molar-refractivity contribution is -0.122. The Morgan fingerprint density at radius 2 is 1.88 bits per heavy atom. The van der Waals surface area contributed by atoms with E-state index in [2.05, 4.69) is 13.8 Å². The van der Waals surface area contributed by atoms with Gasteiger partial charge in [-0.05, 0) is 24.5 Å². The van der Waals surface area contributed by atoms with E-state index in [4.69, 9.17) is 5.73 Å². The predicted molar refractivity (Wildman–Crippen MR) is 71.9 cm³/mol. The van der Waals surface area contributed by atoms with Gasteiger partial charge in [0.1, 0.15) is 0 Å². The van der Waals surface area contributed by atoms with Crippen LogP contribution in [0.4, 0.5) is 5.69 Å². The summed E-state index contributed by atoms with van der Waals surface area (Å²) in [6.07, 6.45) is 0.840. The monoisotopic (exact) mass is 234 g/mol. The van der Waals surface area contributed by atoms with Crippen molar-refractivity contribution in [2.45, 2.75) is 20.3 Å². The summed E-state index contributed by atoms with van der Waals surface area (Å²) in [6, 6.07) is 9.66. The Balaban J connectivity index is 2.74. The van der Waals surface area contributed by atoms with Crippen molar-refractivity contribution in [1.29, 1.82) is 0 Å². The zero-order chi connectivity index (χ0) is 12.8. The first-order chi connectivity index (χ1) is 8.06. The third-order valence-corrected chi connectivity index (χ3v) is 2.86. The highest BCUT2D eigenvalue weighted by molar-refractivity contribution is 5.94. The van der Waals surface area contributed by atoms with Gasteiger partial charge in [0.2, 0.25) is 5.91 Å². The van der Waals surface area contributed by atoms with E-state index < -0.39 is 0 Å². The summed E-state index contributed by atoms with van der Waals surface area (Å²) in [6.45, 7) is 4.63. The predicted octanol–water partition coefficient (Wildman–Crippen LogP) is 2.27. The van der Waals surface area contributed by atoms with Crippen LogP contribution >= 0.6 is 0 Å². The largest absolute Gasteiger partial charge is 0.330 e. The van der Waals surface area contributed by atoms with Crippen molar-refractivity contribution in [3.05, 3.63) is 30.3 Å². The zero-order valence-electron chi connectivity index (χ0n) is 10.9.